The lowest BCUT2D eigenvalue weighted by Gasteiger charge is -2.15. The first-order valence-corrected chi connectivity index (χ1v) is 11.8. The van der Waals surface area contributed by atoms with E-state index in [1.165, 1.54) is 31.2 Å². The number of rotatable bonds is 8. The number of halogens is 1. The fourth-order valence-corrected chi connectivity index (χ4v) is 5.16. The van der Waals surface area contributed by atoms with Gasteiger partial charge in [-0.25, -0.2) is 13.2 Å². The van der Waals surface area contributed by atoms with E-state index < -0.39 is 28.0 Å². The third kappa shape index (κ3) is 6.06. The average Bonchev–Trinajstić information content (AvgIpc) is 3.20. The molecule has 0 aliphatic carbocycles. The summed E-state index contributed by atoms with van der Waals surface area (Å²) < 4.78 is 33.1. The molecule has 1 heterocycles. The minimum Gasteiger partial charge on any atom is -0.449 e. The summed E-state index contributed by atoms with van der Waals surface area (Å²) in [5.74, 6) is -1.30. The fraction of sp³-hybridized carbons (Fsp3) is 0.143. The molecule has 0 saturated heterocycles. The van der Waals surface area contributed by atoms with Crippen LogP contribution in [-0.4, -0.2) is 26.4 Å². The molecular formula is C21H19ClN2O5S2. The van der Waals surface area contributed by atoms with Gasteiger partial charge in [-0.1, -0.05) is 54.1 Å². The second-order valence-electron chi connectivity index (χ2n) is 6.46. The van der Waals surface area contributed by atoms with Crippen LogP contribution < -0.4 is 10.0 Å². The van der Waals surface area contributed by atoms with Crippen molar-refractivity contribution in [3.8, 4) is 0 Å². The Morgan fingerprint density at radius 1 is 1.03 bits per heavy atom. The van der Waals surface area contributed by atoms with Crippen molar-refractivity contribution in [3.05, 3.63) is 82.2 Å². The molecule has 0 bridgehead atoms. The number of ether oxygens (including phenoxy) is 1. The molecule has 1 amide bonds. The Labute approximate surface area is 189 Å². The molecule has 1 unspecified atom stereocenters. The van der Waals surface area contributed by atoms with Gasteiger partial charge in [0.05, 0.1) is 15.6 Å². The molecule has 0 spiro atoms. The minimum absolute atomic E-state index is 0.00864. The summed E-state index contributed by atoms with van der Waals surface area (Å²) in [6, 6.07) is 18.1. The SMILES string of the molecule is CC(OC(=O)c1ccccc1NS(=O)(=O)c1ccc(Cl)s1)C(=O)NCc1ccccc1. The Hall–Kier alpha value is -2.88. The molecule has 31 heavy (non-hydrogen) atoms. The lowest BCUT2D eigenvalue weighted by molar-refractivity contribution is -0.129. The summed E-state index contributed by atoms with van der Waals surface area (Å²) in [6.07, 6.45) is -1.07. The predicted octanol–water partition coefficient (Wildman–Crippen LogP) is 4.06. The first kappa shape index (κ1) is 22.8. The van der Waals surface area contributed by atoms with E-state index in [9.17, 15) is 18.0 Å². The Morgan fingerprint density at radius 2 is 1.71 bits per heavy atom. The first-order valence-electron chi connectivity index (χ1n) is 9.16. The Bertz CT molecular complexity index is 1180. The number of para-hydroxylation sites is 1. The van der Waals surface area contributed by atoms with E-state index in [0.717, 1.165) is 16.9 Å². The molecule has 0 aliphatic rings. The quantitative estimate of drug-likeness (QED) is 0.475. The zero-order valence-electron chi connectivity index (χ0n) is 16.4. The number of benzene rings is 2. The van der Waals surface area contributed by atoms with Crippen LogP contribution in [0, 0.1) is 0 Å². The normalized spacial score (nSPS) is 12.1. The van der Waals surface area contributed by atoms with Crippen molar-refractivity contribution < 1.29 is 22.7 Å². The van der Waals surface area contributed by atoms with Gasteiger partial charge in [-0.05, 0) is 36.8 Å². The zero-order valence-corrected chi connectivity index (χ0v) is 18.8. The molecule has 0 fully saturated rings. The van der Waals surface area contributed by atoms with Gasteiger partial charge < -0.3 is 10.1 Å². The molecule has 1 aromatic heterocycles. The smallest absolute Gasteiger partial charge is 0.341 e. The summed E-state index contributed by atoms with van der Waals surface area (Å²) in [6.45, 7) is 1.74. The van der Waals surface area contributed by atoms with Crippen LogP contribution >= 0.6 is 22.9 Å². The van der Waals surface area contributed by atoms with Crippen LogP contribution in [0.3, 0.4) is 0 Å². The number of thiophene rings is 1. The second-order valence-corrected chi connectivity index (χ2v) is 10.1. The third-order valence-corrected chi connectivity index (χ3v) is 7.26. The van der Waals surface area contributed by atoms with Gasteiger partial charge in [0, 0.05) is 6.54 Å². The molecule has 2 aromatic carbocycles. The number of nitrogens with one attached hydrogen (secondary N) is 2. The van der Waals surface area contributed by atoms with Crippen LogP contribution in [-0.2, 0) is 26.1 Å². The van der Waals surface area contributed by atoms with Gasteiger partial charge in [-0.15, -0.1) is 11.3 Å². The Kier molecular flexibility index (Phi) is 7.32. The van der Waals surface area contributed by atoms with Crippen LogP contribution in [0.1, 0.15) is 22.8 Å². The van der Waals surface area contributed by atoms with Crippen LogP contribution in [0.2, 0.25) is 4.34 Å². The van der Waals surface area contributed by atoms with Gasteiger partial charge in [-0.2, -0.15) is 0 Å². The highest BCUT2D eigenvalue weighted by Gasteiger charge is 2.23. The summed E-state index contributed by atoms with van der Waals surface area (Å²) in [4.78, 5) is 24.9. The number of carbonyl (C=O) groups excluding carboxylic acids is 2. The first-order chi connectivity index (χ1) is 14.8. The average molecular weight is 479 g/mol. The van der Waals surface area contributed by atoms with Crippen LogP contribution in [0.15, 0.2) is 70.9 Å². The van der Waals surface area contributed by atoms with Gasteiger partial charge in [0.25, 0.3) is 15.9 Å². The van der Waals surface area contributed by atoms with Crippen molar-refractivity contribution in [1.82, 2.24) is 5.32 Å². The summed E-state index contributed by atoms with van der Waals surface area (Å²) in [5.41, 5.74) is 0.924. The number of esters is 1. The van der Waals surface area contributed by atoms with E-state index in [1.54, 1.807) is 12.1 Å². The van der Waals surface area contributed by atoms with E-state index >= 15 is 0 Å². The van der Waals surface area contributed by atoms with Crippen LogP contribution in [0.25, 0.3) is 0 Å². The van der Waals surface area contributed by atoms with E-state index in [1.807, 2.05) is 30.3 Å². The molecule has 162 valence electrons. The minimum atomic E-state index is -3.94. The highest BCUT2D eigenvalue weighted by atomic mass is 35.5. The molecule has 1 atom stereocenters. The number of amides is 1. The molecular weight excluding hydrogens is 460 g/mol. The summed E-state index contributed by atoms with van der Waals surface area (Å²) >= 11 is 6.71. The lowest BCUT2D eigenvalue weighted by Crippen LogP contribution is -2.35. The molecule has 0 saturated carbocycles. The maximum Gasteiger partial charge on any atom is 0.341 e. The van der Waals surface area contributed by atoms with Crippen molar-refractivity contribution in [1.29, 1.82) is 0 Å². The standard InChI is InChI=1S/C21H19ClN2O5S2/c1-14(20(25)23-13-15-7-3-2-4-8-15)29-21(26)16-9-5-6-10-17(16)24-31(27,28)19-12-11-18(22)30-19/h2-12,14,24H,13H2,1H3,(H,23,25). The fourth-order valence-electron chi connectivity index (χ4n) is 2.59. The van der Waals surface area contributed by atoms with Crippen molar-refractivity contribution in [3.63, 3.8) is 0 Å². The summed E-state index contributed by atoms with van der Waals surface area (Å²) in [7, 11) is -3.94. The van der Waals surface area contributed by atoms with Crippen LogP contribution in [0.5, 0.6) is 0 Å². The lowest BCUT2D eigenvalue weighted by atomic mass is 10.2. The van der Waals surface area contributed by atoms with Crippen molar-refractivity contribution in [2.24, 2.45) is 0 Å². The largest absolute Gasteiger partial charge is 0.449 e. The van der Waals surface area contributed by atoms with Crippen molar-refractivity contribution in [2.45, 2.75) is 23.8 Å². The zero-order chi connectivity index (χ0) is 22.4. The van der Waals surface area contributed by atoms with E-state index in [-0.39, 0.29) is 15.5 Å². The van der Waals surface area contributed by atoms with Gasteiger partial charge in [0.2, 0.25) is 0 Å². The highest BCUT2D eigenvalue weighted by Crippen LogP contribution is 2.28. The third-order valence-electron chi connectivity index (χ3n) is 4.17. The molecule has 0 aliphatic heterocycles. The summed E-state index contributed by atoms with van der Waals surface area (Å²) in [5, 5.41) is 2.69. The number of sulfonamides is 1. The van der Waals surface area contributed by atoms with E-state index in [2.05, 4.69) is 10.0 Å². The maximum atomic E-state index is 12.6. The van der Waals surface area contributed by atoms with E-state index in [4.69, 9.17) is 16.3 Å². The topological polar surface area (TPSA) is 102 Å². The predicted molar refractivity (Wildman–Crippen MR) is 120 cm³/mol. The van der Waals surface area contributed by atoms with Gasteiger partial charge in [0.15, 0.2) is 6.10 Å². The second kappa shape index (κ2) is 9.95. The maximum absolute atomic E-state index is 12.6. The molecule has 2 N–H and O–H groups in total. The van der Waals surface area contributed by atoms with Gasteiger partial charge in [0.1, 0.15) is 4.21 Å². The molecule has 7 nitrogen and oxygen atoms in total. The Morgan fingerprint density at radius 3 is 2.39 bits per heavy atom. The molecule has 10 heteroatoms. The highest BCUT2D eigenvalue weighted by molar-refractivity contribution is 7.94. The van der Waals surface area contributed by atoms with Gasteiger partial charge >= 0.3 is 5.97 Å². The molecule has 3 aromatic rings. The number of anilines is 1. The van der Waals surface area contributed by atoms with Crippen LogP contribution in [0.4, 0.5) is 5.69 Å². The van der Waals surface area contributed by atoms with Gasteiger partial charge in [-0.3, -0.25) is 9.52 Å². The number of hydrogen-bond donors (Lipinski definition) is 2. The molecule has 3 rings (SSSR count). The molecule has 0 radical (unpaired) electrons. The monoisotopic (exact) mass is 478 g/mol. The number of carbonyl (C=O) groups is 2. The van der Waals surface area contributed by atoms with E-state index in [0.29, 0.717) is 10.9 Å². The Balaban J connectivity index is 1.67. The van der Waals surface area contributed by atoms with Crippen molar-refractivity contribution >= 4 is 50.5 Å². The number of hydrogen-bond acceptors (Lipinski definition) is 6. The van der Waals surface area contributed by atoms with Crippen molar-refractivity contribution in [2.75, 3.05) is 4.72 Å².